The number of rotatable bonds is 10. The Balaban J connectivity index is 0.00000576. The quantitative estimate of drug-likeness (QED) is 0.577. The molecule has 3 N–H and O–H groups in total. The molecule has 1 heterocycles. The Kier molecular flexibility index (Phi) is 9.54. The molecule has 0 saturated heterocycles. The molecule has 0 radical (unpaired) electrons. The predicted molar refractivity (Wildman–Crippen MR) is 105 cm³/mol. The number of nitrogens with one attached hydrogen (secondary N) is 1. The maximum atomic E-state index is 12.6. The third-order valence-electron chi connectivity index (χ3n) is 3.58. The van der Waals surface area contributed by atoms with Crippen LogP contribution in [0.25, 0.3) is 0 Å². The van der Waals surface area contributed by atoms with Crippen molar-refractivity contribution in [2.45, 2.75) is 31.4 Å². The second-order valence-corrected chi connectivity index (χ2v) is 11.9. The van der Waals surface area contributed by atoms with Crippen LogP contribution in [-0.4, -0.2) is 53.6 Å². The Morgan fingerprint density at radius 3 is 2.36 bits per heavy atom. The van der Waals surface area contributed by atoms with E-state index in [1.807, 2.05) is 13.8 Å². The van der Waals surface area contributed by atoms with Gasteiger partial charge in [0.15, 0.2) is 0 Å². The molecule has 25 heavy (non-hydrogen) atoms. The minimum Gasteiger partial charge on any atom is -0.330 e. The number of hydrogen-bond acceptors (Lipinski definition) is 6. The maximum Gasteiger partial charge on any atom is 0.252 e. The molecular weight excluding hydrogens is 406 g/mol. The van der Waals surface area contributed by atoms with Gasteiger partial charge in [-0.15, -0.1) is 23.7 Å². The molecule has 0 spiro atoms. The summed E-state index contributed by atoms with van der Waals surface area (Å²) in [5.41, 5.74) is 5.36. The maximum absolute atomic E-state index is 12.6. The van der Waals surface area contributed by atoms with Crippen LogP contribution in [0.2, 0.25) is 0 Å². The minimum absolute atomic E-state index is 0. The molecule has 0 saturated carbocycles. The van der Waals surface area contributed by atoms with Crippen LogP contribution in [0.5, 0.6) is 0 Å². The largest absolute Gasteiger partial charge is 0.330 e. The van der Waals surface area contributed by atoms with Gasteiger partial charge in [0.25, 0.3) is 10.0 Å². The Bertz CT molecular complexity index is 745. The Labute approximate surface area is 161 Å². The van der Waals surface area contributed by atoms with Crippen LogP contribution in [0.4, 0.5) is 0 Å². The highest BCUT2D eigenvalue weighted by atomic mass is 35.5. The first-order valence-corrected chi connectivity index (χ1v) is 11.6. The number of sulfonamides is 2. The molecule has 11 heteroatoms. The molecule has 0 atom stereocenters. The number of thiophene rings is 1. The van der Waals surface area contributed by atoms with E-state index in [1.54, 1.807) is 26.1 Å². The fraction of sp³-hybridized carbons (Fsp3) is 0.714. The predicted octanol–water partition coefficient (Wildman–Crippen LogP) is 1.26. The summed E-state index contributed by atoms with van der Waals surface area (Å²) in [5, 5.41) is 0. The van der Waals surface area contributed by atoms with Crippen molar-refractivity contribution in [3.63, 3.8) is 0 Å². The molecule has 0 bridgehead atoms. The van der Waals surface area contributed by atoms with Crippen molar-refractivity contribution < 1.29 is 16.8 Å². The van der Waals surface area contributed by atoms with Gasteiger partial charge < -0.3 is 5.73 Å². The van der Waals surface area contributed by atoms with Crippen molar-refractivity contribution in [3.05, 3.63) is 17.0 Å². The average Bonchev–Trinajstić information content (AvgIpc) is 2.96. The van der Waals surface area contributed by atoms with E-state index in [1.165, 1.54) is 4.31 Å². The van der Waals surface area contributed by atoms with Crippen molar-refractivity contribution in [2.75, 3.05) is 32.4 Å². The van der Waals surface area contributed by atoms with Crippen LogP contribution < -0.4 is 10.5 Å². The molecular formula is C14H28ClN3O4S3. The summed E-state index contributed by atoms with van der Waals surface area (Å²) in [5.74, 6) is 0.0266. The number of hydrogen-bond donors (Lipinski definition) is 2. The lowest BCUT2D eigenvalue weighted by Gasteiger charge is -2.28. The normalized spacial score (nSPS) is 13.0. The van der Waals surface area contributed by atoms with Gasteiger partial charge in [0.05, 0.1) is 5.75 Å². The first-order valence-electron chi connectivity index (χ1n) is 7.66. The van der Waals surface area contributed by atoms with E-state index in [2.05, 4.69) is 4.72 Å². The van der Waals surface area contributed by atoms with E-state index < -0.39 is 20.0 Å². The number of nitrogens with zero attached hydrogens (tertiary/aromatic N) is 1. The van der Waals surface area contributed by atoms with Crippen molar-refractivity contribution in [1.82, 2.24) is 9.03 Å². The first-order chi connectivity index (χ1) is 10.9. The van der Waals surface area contributed by atoms with Gasteiger partial charge in [-0.25, -0.2) is 21.6 Å². The molecule has 0 aliphatic rings. The second-order valence-electron chi connectivity index (χ2n) is 6.40. The zero-order valence-corrected chi connectivity index (χ0v) is 18.2. The van der Waals surface area contributed by atoms with E-state index >= 15 is 0 Å². The van der Waals surface area contributed by atoms with Crippen LogP contribution in [0, 0.1) is 5.41 Å². The third kappa shape index (κ3) is 7.49. The zero-order valence-electron chi connectivity index (χ0n) is 15.0. The molecule has 7 nitrogen and oxygen atoms in total. The third-order valence-corrected chi connectivity index (χ3v) is 8.40. The van der Waals surface area contributed by atoms with Gasteiger partial charge >= 0.3 is 0 Å². The first kappa shape index (κ1) is 24.8. The fourth-order valence-electron chi connectivity index (χ4n) is 1.97. The Morgan fingerprint density at radius 1 is 1.24 bits per heavy atom. The van der Waals surface area contributed by atoms with Gasteiger partial charge in [0.2, 0.25) is 10.0 Å². The van der Waals surface area contributed by atoms with Gasteiger partial charge in [-0.2, -0.15) is 4.31 Å². The molecule has 1 rings (SSSR count). The van der Waals surface area contributed by atoms with Crippen LogP contribution >= 0.6 is 23.7 Å². The Hall–Kier alpha value is -0.230. The van der Waals surface area contributed by atoms with Crippen LogP contribution in [0.1, 0.15) is 25.6 Å². The number of halogens is 1. The highest BCUT2D eigenvalue weighted by Crippen LogP contribution is 2.26. The molecule has 0 unspecified atom stereocenters. The van der Waals surface area contributed by atoms with Crippen molar-refractivity contribution in [3.8, 4) is 0 Å². The summed E-state index contributed by atoms with van der Waals surface area (Å²) >= 11 is 1.16. The molecule has 0 aliphatic heterocycles. The lowest BCUT2D eigenvalue weighted by atomic mass is 9.94. The molecule has 0 fully saturated rings. The average molecular weight is 434 g/mol. The van der Waals surface area contributed by atoms with Gasteiger partial charge in [0.1, 0.15) is 4.21 Å². The van der Waals surface area contributed by atoms with Crippen LogP contribution in [0.3, 0.4) is 0 Å². The molecule has 0 aliphatic carbocycles. The lowest BCUT2D eigenvalue weighted by Crippen LogP contribution is -2.39. The van der Waals surface area contributed by atoms with Gasteiger partial charge in [-0.05, 0) is 37.4 Å². The smallest absolute Gasteiger partial charge is 0.252 e. The number of nitrogens with two attached hydrogens (primary N) is 1. The summed E-state index contributed by atoms with van der Waals surface area (Å²) in [7, 11) is -5.25. The van der Waals surface area contributed by atoms with E-state index in [4.69, 9.17) is 5.73 Å². The summed E-state index contributed by atoms with van der Waals surface area (Å²) in [6.45, 7) is 6.37. The highest BCUT2D eigenvalue weighted by Gasteiger charge is 2.28. The van der Waals surface area contributed by atoms with Gasteiger partial charge in [-0.3, -0.25) is 0 Å². The molecule has 0 amide bonds. The van der Waals surface area contributed by atoms with E-state index in [9.17, 15) is 16.8 Å². The molecule has 1 aromatic rings. The summed E-state index contributed by atoms with van der Waals surface area (Å²) < 4.78 is 52.0. The molecule has 1 aromatic heterocycles. The Morgan fingerprint density at radius 2 is 1.84 bits per heavy atom. The molecule has 148 valence electrons. The van der Waals surface area contributed by atoms with Crippen molar-refractivity contribution in [2.24, 2.45) is 11.1 Å². The SMILES string of the molecule is CCS(=O)(=O)NCCc1ccc(S(=O)(=O)N(C)CC(C)(C)CN)s1.Cl. The minimum atomic E-state index is -3.56. The van der Waals surface area contributed by atoms with Crippen molar-refractivity contribution in [1.29, 1.82) is 0 Å². The summed E-state index contributed by atoms with van der Waals surface area (Å²) in [4.78, 5) is 0.818. The van der Waals surface area contributed by atoms with Gasteiger partial charge in [0, 0.05) is 25.0 Å². The fourth-order valence-corrected chi connectivity index (χ4v) is 5.51. The topological polar surface area (TPSA) is 110 Å². The molecule has 0 aromatic carbocycles. The monoisotopic (exact) mass is 433 g/mol. The highest BCUT2D eigenvalue weighted by molar-refractivity contribution is 7.91. The van der Waals surface area contributed by atoms with E-state index in [-0.39, 0.29) is 34.3 Å². The van der Waals surface area contributed by atoms with Crippen LogP contribution in [-0.2, 0) is 26.5 Å². The van der Waals surface area contributed by atoms with Crippen molar-refractivity contribution >= 4 is 43.8 Å². The summed E-state index contributed by atoms with van der Waals surface area (Å²) in [6, 6.07) is 3.29. The van der Waals surface area contributed by atoms with E-state index in [0.717, 1.165) is 16.2 Å². The van der Waals surface area contributed by atoms with Crippen LogP contribution in [0.15, 0.2) is 16.3 Å². The summed E-state index contributed by atoms with van der Waals surface area (Å²) in [6.07, 6.45) is 0.456. The lowest BCUT2D eigenvalue weighted by molar-refractivity contribution is 0.292. The van der Waals surface area contributed by atoms with Gasteiger partial charge in [-0.1, -0.05) is 13.8 Å². The zero-order chi connectivity index (χ0) is 18.6. The standard InChI is InChI=1S/C14H27N3O4S3.ClH/c1-5-23(18,19)16-9-8-12-6-7-13(22-12)24(20,21)17(4)11-14(2,3)10-15;/h6-7,16H,5,8-11,15H2,1-4H3;1H. The second kappa shape index (κ2) is 9.63. The van der Waals surface area contributed by atoms with E-state index in [0.29, 0.717) is 19.5 Å².